The molecule has 2 aromatic heterocycles. The van der Waals surface area contributed by atoms with Crippen molar-refractivity contribution in [1.82, 2.24) is 0 Å². The summed E-state index contributed by atoms with van der Waals surface area (Å²) in [5.41, 5.74) is 2.94. The van der Waals surface area contributed by atoms with Crippen LogP contribution < -0.4 is 19.5 Å². The Morgan fingerprint density at radius 3 is 2.30 bits per heavy atom. The van der Waals surface area contributed by atoms with Crippen LogP contribution in [0.2, 0.25) is 0 Å². The summed E-state index contributed by atoms with van der Waals surface area (Å²) in [6.45, 7) is 1.91. The largest absolute Gasteiger partial charge is 0.494 e. The summed E-state index contributed by atoms with van der Waals surface area (Å²) in [5.74, 6) is 1.37. The van der Waals surface area contributed by atoms with Crippen molar-refractivity contribution in [1.29, 1.82) is 0 Å². The molecule has 1 N–H and O–H groups in total. The van der Waals surface area contributed by atoms with Gasteiger partial charge in [-0.05, 0) is 55.0 Å². The quantitative estimate of drug-likeness (QED) is 0.320. The van der Waals surface area contributed by atoms with E-state index in [1.165, 1.54) is 14.2 Å². The van der Waals surface area contributed by atoms with E-state index < -0.39 is 5.91 Å². The molecule has 5 aromatic rings. The van der Waals surface area contributed by atoms with Gasteiger partial charge in [0.2, 0.25) is 0 Å². The maximum atomic E-state index is 12.8. The average Bonchev–Trinajstić information content (AvgIpc) is 3.44. The zero-order valence-corrected chi connectivity index (χ0v) is 18.3. The molecule has 2 heterocycles. The summed E-state index contributed by atoms with van der Waals surface area (Å²) < 4.78 is 28.1. The van der Waals surface area contributed by atoms with Crippen LogP contribution in [0.25, 0.3) is 21.9 Å². The molecule has 166 valence electrons. The Morgan fingerprint density at radius 1 is 0.818 bits per heavy atom. The first-order chi connectivity index (χ1) is 16.1. The van der Waals surface area contributed by atoms with E-state index in [4.69, 9.17) is 23.0 Å². The van der Waals surface area contributed by atoms with Crippen molar-refractivity contribution in [3.05, 3.63) is 78.1 Å². The van der Waals surface area contributed by atoms with Crippen molar-refractivity contribution < 1.29 is 27.8 Å². The normalized spacial score (nSPS) is 11.0. The molecule has 0 radical (unpaired) electrons. The van der Waals surface area contributed by atoms with Gasteiger partial charge in [0.15, 0.2) is 5.76 Å². The van der Waals surface area contributed by atoms with Crippen molar-refractivity contribution in [2.24, 2.45) is 0 Å². The van der Waals surface area contributed by atoms with Crippen LogP contribution in [0.15, 0.2) is 75.6 Å². The third kappa shape index (κ3) is 3.85. The number of nitrogens with one attached hydrogen (secondary N) is 1. The van der Waals surface area contributed by atoms with E-state index in [1.807, 2.05) is 55.5 Å². The fourth-order valence-electron chi connectivity index (χ4n) is 3.72. The van der Waals surface area contributed by atoms with E-state index in [1.54, 1.807) is 18.2 Å². The summed E-state index contributed by atoms with van der Waals surface area (Å²) in [7, 11) is 3.06. The molecule has 3 aromatic carbocycles. The number of furan rings is 2. The lowest BCUT2D eigenvalue weighted by Crippen LogP contribution is -2.13. The predicted molar refractivity (Wildman–Crippen MR) is 125 cm³/mol. The van der Waals surface area contributed by atoms with Gasteiger partial charge in [-0.1, -0.05) is 18.2 Å². The Bertz CT molecular complexity index is 1450. The van der Waals surface area contributed by atoms with Crippen molar-refractivity contribution in [3.63, 3.8) is 0 Å². The van der Waals surface area contributed by atoms with Crippen LogP contribution in [-0.2, 0) is 0 Å². The number of fused-ring (bicyclic) bond motifs is 3. The molecule has 33 heavy (non-hydrogen) atoms. The van der Waals surface area contributed by atoms with Crippen molar-refractivity contribution in [2.75, 3.05) is 19.5 Å². The Hall–Kier alpha value is -4.39. The van der Waals surface area contributed by atoms with Gasteiger partial charge in [-0.3, -0.25) is 4.79 Å². The number of methoxy groups -OCH3 is 2. The number of anilines is 1. The first-order valence-corrected chi connectivity index (χ1v) is 10.3. The van der Waals surface area contributed by atoms with Crippen LogP contribution in [0.5, 0.6) is 23.2 Å². The lowest BCUT2D eigenvalue weighted by Gasteiger charge is -2.14. The SMILES string of the molecule is COc1cc(C)cc(OC)c1NC(=O)c1ccc(Oc2ccc3oc4ccccc4c3c2)o1. The van der Waals surface area contributed by atoms with Gasteiger partial charge in [0.1, 0.15) is 34.1 Å². The van der Waals surface area contributed by atoms with Crippen molar-refractivity contribution in [2.45, 2.75) is 6.92 Å². The van der Waals surface area contributed by atoms with Gasteiger partial charge in [-0.25, -0.2) is 0 Å². The minimum atomic E-state index is -0.457. The van der Waals surface area contributed by atoms with Gasteiger partial charge in [-0.2, -0.15) is 0 Å². The zero-order chi connectivity index (χ0) is 22.9. The third-order valence-corrected chi connectivity index (χ3v) is 5.26. The molecule has 0 spiro atoms. The van der Waals surface area contributed by atoms with Crippen LogP contribution in [0.4, 0.5) is 5.69 Å². The lowest BCUT2D eigenvalue weighted by molar-refractivity contribution is 0.0991. The van der Waals surface area contributed by atoms with Gasteiger partial charge >= 0.3 is 0 Å². The Kier molecular flexibility index (Phi) is 5.14. The molecule has 0 fully saturated rings. The number of hydrogen-bond donors (Lipinski definition) is 1. The number of para-hydroxylation sites is 1. The summed E-state index contributed by atoms with van der Waals surface area (Å²) in [6, 6.07) is 20.1. The summed E-state index contributed by atoms with van der Waals surface area (Å²) >= 11 is 0. The van der Waals surface area contributed by atoms with Crippen LogP contribution in [0, 0.1) is 6.92 Å². The minimum Gasteiger partial charge on any atom is -0.494 e. The molecular weight excluding hydrogens is 422 g/mol. The average molecular weight is 443 g/mol. The second kappa shape index (κ2) is 8.27. The summed E-state index contributed by atoms with van der Waals surface area (Å²) in [4.78, 5) is 12.8. The van der Waals surface area contributed by atoms with Gasteiger partial charge in [-0.15, -0.1) is 0 Å². The highest BCUT2D eigenvalue weighted by Crippen LogP contribution is 2.37. The molecule has 7 nitrogen and oxygen atoms in total. The molecule has 0 saturated carbocycles. The predicted octanol–water partition coefficient (Wildman–Crippen LogP) is 6.55. The van der Waals surface area contributed by atoms with Crippen molar-refractivity contribution >= 4 is 33.5 Å². The highest BCUT2D eigenvalue weighted by Gasteiger charge is 2.19. The number of carbonyl (C=O) groups is 1. The van der Waals surface area contributed by atoms with Gasteiger partial charge in [0.05, 0.1) is 14.2 Å². The number of ether oxygens (including phenoxy) is 3. The van der Waals surface area contributed by atoms with Gasteiger partial charge < -0.3 is 28.4 Å². The van der Waals surface area contributed by atoms with Crippen LogP contribution in [0.1, 0.15) is 16.1 Å². The molecule has 0 aliphatic carbocycles. The number of amides is 1. The topological polar surface area (TPSA) is 83.1 Å². The van der Waals surface area contributed by atoms with E-state index in [-0.39, 0.29) is 11.7 Å². The minimum absolute atomic E-state index is 0.0875. The molecule has 0 aliphatic rings. The molecular formula is C26H21NO6. The zero-order valence-electron chi connectivity index (χ0n) is 18.3. The molecule has 5 rings (SSSR count). The highest BCUT2D eigenvalue weighted by atomic mass is 16.6. The molecule has 0 aliphatic heterocycles. The fraction of sp³-hybridized carbons (Fsp3) is 0.115. The van der Waals surface area contributed by atoms with E-state index in [9.17, 15) is 4.79 Å². The molecule has 0 bridgehead atoms. The first kappa shape index (κ1) is 20.5. The molecule has 0 unspecified atom stereocenters. The van der Waals surface area contributed by atoms with E-state index in [0.717, 1.165) is 27.5 Å². The number of benzene rings is 3. The maximum absolute atomic E-state index is 12.8. The molecule has 0 saturated heterocycles. The second-order valence-corrected chi connectivity index (χ2v) is 7.48. The summed E-state index contributed by atoms with van der Waals surface area (Å²) in [5, 5.41) is 4.73. The maximum Gasteiger partial charge on any atom is 0.291 e. The van der Waals surface area contributed by atoms with Gasteiger partial charge in [0, 0.05) is 16.8 Å². The number of carbonyl (C=O) groups excluding carboxylic acids is 1. The van der Waals surface area contributed by atoms with E-state index in [2.05, 4.69) is 5.32 Å². The van der Waals surface area contributed by atoms with Crippen LogP contribution in [-0.4, -0.2) is 20.1 Å². The number of rotatable bonds is 6. The Labute approximate surface area is 189 Å². The standard InChI is InChI=1S/C26H21NO6/c1-15-12-22(29-2)25(23(13-15)30-3)27-26(28)21-10-11-24(33-21)31-16-8-9-20-18(14-16)17-6-4-5-7-19(17)32-20/h4-14H,1-3H3,(H,27,28). The molecule has 1 amide bonds. The fourth-order valence-corrected chi connectivity index (χ4v) is 3.72. The lowest BCUT2D eigenvalue weighted by atomic mass is 10.1. The van der Waals surface area contributed by atoms with Gasteiger partial charge in [0.25, 0.3) is 11.9 Å². The second-order valence-electron chi connectivity index (χ2n) is 7.48. The molecule has 7 heteroatoms. The van der Waals surface area contributed by atoms with Crippen molar-refractivity contribution in [3.8, 4) is 23.2 Å². The smallest absolute Gasteiger partial charge is 0.291 e. The number of hydrogen-bond acceptors (Lipinski definition) is 6. The van der Waals surface area contributed by atoms with Crippen LogP contribution >= 0.6 is 0 Å². The first-order valence-electron chi connectivity index (χ1n) is 10.3. The van der Waals surface area contributed by atoms with E-state index >= 15 is 0 Å². The highest BCUT2D eigenvalue weighted by molar-refractivity contribution is 6.05. The Morgan fingerprint density at radius 2 is 1.55 bits per heavy atom. The number of aryl methyl sites for hydroxylation is 1. The third-order valence-electron chi connectivity index (χ3n) is 5.26. The van der Waals surface area contributed by atoms with E-state index in [0.29, 0.717) is 22.9 Å². The summed E-state index contributed by atoms with van der Waals surface area (Å²) in [6.07, 6.45) is 0. The monoisotopic (exact) mass is 443 g/mol. The van der Waals surface area contributed by atoms with Crippen LogP contribution in [0.3, 0.4) is 0 Å². The molecule has 0 atom stereocenters. The Balaban J connectivity index is 1.38.